The predicted molar refractivity (Wildman–Crippen MR) is 49.5 cm³/mol. The van der Waals surface area contributed by atoms with E-state index in [1.807, 2.05) is 7.05 Å². The highest BCUT2D eigenvalue weighted by Gasteiger charge is 2.01. The minimum absolute atomic E-state index is 0.733. The molecule has 0 fully saturated rings. The molecule has 74 valence electrons. The van der Waals surface area contributed by atoms with Gasteiger partial charge < -0.3 is 14.5 Å². The first-order chi connectivity index (χ1) is 6.36. The molecule has 1 heterocycles. The van der Waals surface area contributed by atoms with E-state index in [4.69, 9.17) is 9.15 Å². The normalized spacial score (nSPS) is 10.6. The zero-order valence-electron chi connectivity index (χ0n) is 8.17. The Hall–Kier alpha value is -0.870. The fourth-order valence-electron chi connectivity index (χ4n) is 1.09. The Balaban J connectivity index is 2.31. The van der Waals surface area contributed by atoms with Gasteiger partial charge in [0, 0.05) is 20.1 Å². The molecule has 0 unspecified atom stereocenters. The van der Waals surface area contributed by atoms with E-state index in [1.165, 1.54) is 0 Å². The summed E-state index contributed by atoms with van der Waals surface area (Å²) in [5.41, 5.74) is 0. The molecule has 0 saturated heterocycles. The SMILES string of the molecule is CNCc1cnc(CCCOC)o1. The Labute approximate surface area is 78.3 Å². The van der Waals surface area contributed by atoms with E-state index in [0.717, 1.165) is 37.6 Å². The maximum absolute atomic E-state index is 5.44. The van der Waals surface area contributed by atoms with Crippen molar-refractivity contribution in [2.24, 2.45) is 0 Å². The monoisotopic (exact) mass is 184 g/mol. The molecule has 1 N–H and O–H groups in total. The quantitative estimate of drug-likeness (QED) is 0.669. The summed E-state index contributed by atoms with van der Waals surface area (Å²) in [7, 11) is 3.58. The molecule has 0 aromatic carbocycles. The molecule has 0 aliphatic carbocycles. The van der Waals surface area contributed by atoms with E-state index < -0.39 is 0 Å². The Bertz CT molecular complexity index is 235. The van der Waals surface area contributed by atoms with Crippen LogP contribution in [0, 0.1) is 0 Å². The Morgan fingerprint density at radius 1 is 1.62 bits per heavy atom. The van der Waals surface area contributed by atoms with Crippen molar-refractivity contribution in [1.82, 2.24) is 10.3 Å². The van der Waals surface area contributed by atoms with Gasteiger partial charge in [-0.25, -0.2) is 4.98 Å². The van der Waals surface area contributed by atoms with Gasteiger partial charge in [0.2, 0.25) is 0 Å². The van der Waals surface area contributed by atoms with Crippen LogP contribution < -0.4 is 5.32 Å². The zero-order valence-corrected chi connectivity index (χ0v) is 8.17. The second kappa shape index (κ2) is 5.72. The molecular formula is C9H16N2O2. The maximum atomic E-state index is 5.44. The van der Waals surface area contributed by atoms with Gasteiger partial charge in [0.15, 0.2) is 5.89 Å². The number of methoxy groups -OCH3 is 1. The highest BCUT2D eigenvalue weighted by Crippen LogP contribution is 2.05. The molecule has 1 aromatic rings. The number of nitrogens with zero attached hydrogens (tertiary/aromatic N) is 1. The lowest BCUT2D eigenvalue weighted by Crippen LogP contribution is -2.03. The summed E-state index contributed by atoms with van der Waals surface area (Å²) in [6.45, 7) is 1.49. The smallest absolute Gasteiger partial charge is 0.194 e. The topological polar surface area (TPSA) is 47.3 Å². The average Bonchev–Trinajstić information content (AvgIpc) is 2.54. The summed E-state index contributed by atoms with van der Waals surface area (Å²) in [5.74, 6) is 1.68. The lowest BCUT2D eigenvalue weighted by Gasteiger charge is -1.95. The van der Waals surface area contributed by atoms with Crippen LogP contribution in [0.4, 0.5) is 0 Å². The van der Waals surface area contributed by atoms with Crippen molar-refractivity contribution in [2.45, 2.75) is 19.4 Å². The minimum Gasteiger partial charge on any atom is -0.444 e. The van der Waals surface area contributed by atoms with Gasteiger partial charge in [0.1, 0.15) is 5.76 Å². The number of aromatic nitrogens is 1. The predicted octanol–water partition coefficient (Wildman–Crippen LogP) is 0.973. The van der Waals surface area contributed by atoms with Crippen LogP contribution in [0.2, 0.25) is 0 Å². The van der Waals surface area contributed by atoms with Crippen molar-refractivity contribution in [3.63, 3.8) is 0 Å². The van der Waals surface area contributed by atoms with Crippen LogP contribution in [-0.2, 0) is 17.7 Å². The first-order valence-electron chi connectivity index (χ1n) is 4.44. The van der Waals surface area contributed by atoms with Gasteiger partial charge in [-0.15, -0.1) is 0 Å². The second-order valence-electron chi connectivity index (χ2n) is 2.85. The fourth-order valence-corrected chi connectivity index (χ4v) is 1.09. The van der Waals surface area contributed by atoms with Crippen LogP contribution in [0.15, 0.2) is 10.6 Å². The molecule has 13 heavy (non-hydrogen) atoms. The molecule has 0 aliphatic heterocycles. The maximum Gasteiger partial charge on any atom is 0.194 e. The van der Waals surface area contributed by atoms with Gasteiger partial charge in [-0.05, 0) is 13.5 Å². The van der Waals surface area contributed by atoms with E-state index in [1.54, 1.807) is 13.3 Å². The van der Waals surface area contributed by atoms with Crippen LogP contribution in [0.3, 0.4) is 0 Å². The zero-order chi connectivity index (χ0) is 9.52. The van der Waals surface area contributed by atoms with Gasteiger partial charge in [-0.3, -0.25) is 0 Å². The van der Waals surface area contributed by atoms with Gasteiger partial charge in [0.05, 0.1) is 12.7 Å². The van der Waals surface area contributed by atoms with Crippen LogP contribution in [0.1, 0.15) is 18.1 Å². The minimum atomic E-state index is 0.733. The third-order valence-electron chi connectivity index (χ3n) is 1.69. The summed E-state index contributed by atoms with van der Waals surface area (Å²) in [6, 6.07) is 0. The second-order valence-corrected chi connectivity index (χ2v) is 2.85. The summed E-state index contributed by atoms with van der Waals surface area (Å²) < 4.78 is 10.4. The van der Waals surface area contributed by atoms with Crippen molar-refractivity contribution in [3.8, 4) is 0 Å². The highest BCUT2D eigenvalue weighted by atomic mass is 16.5. The molecule has 0 amide bonds. The number of oxazole rings is 1. The molecule has 0 atom stereocenters. The Morgan fingerprint density at radius 3 is 3.15 bits per heavy atom. The summed E-state index contributed by atoms with van der Waals surface area (Å²) in [5, 5.41) is 3.01. The van der Waals surface area contributed by atoms with E-state index in [2.05, 4.69) is 10.3 Å². The molecule has 4 heteroatoms. The van der Waals surface area contributed by atoms with Crippen LogP contribution >= 0.6 is 0 Å². The molecule has 1 rings (SSSR count). The third kappa shape index (κ3) is 3.57. The highest BCUT2D eigenvalue weighted by molar-refractivity contribution is 4.93. The van der Waals surface area contributed by atoms with E-state index >= 15 is 0 Å². The lowest BCUT2D eigenvalue weighted by molar-refractivity contribution is 0.192. The Morgan fingerprint density at radius 2 is 2.46 bits per heavy atom. The van der Waals surface area contributed by atoms with Gasteiger partial charge in [-0.2, -0.15) is 0 Å². The van der Waals surface area contributed by atoms with Crippen molar-refractivity contribution >= 4 is 0 Å². The van der Waals surface area contributed by atoms with Crippen LogP contribution in [-0.4, -0.2) is 25.7 Å². The van der Waals surface area contributed by atoms with Crippen molar-refractivity contribution in [3.05, 3.63) is 17.8 Å². The summed E-state index contributed by atoms with van der Waals surface area (Å²) in [4.78, 5) is 4.14. The molecular weight excluding hydrogens is 168 g/mol. The molecule has 4 nitrogen and oxygen atoms in total. The first-order valence-corrected chi connectivity index (χ1v) is 4.44. The molecule has 1 aromatic heterocycles. The van der Waals surface area contributed by atoms with E-state index in [-0.39, 0.29) is 0 Å². The molecule has 0 spiro atoms. The van der Waals surface area contributed by atoms with Crippen molar-refractivity contribution in [2.75, 3.05) is 20.8 Å². The van der Waals surface area contributed by atoms with E-state index in [0.29, 0.717) is 0 Å². The fraction of sp³-hybridized carbons (Fsp3) is 0.667. The number of aryl methyl sites for hydroxylation is 1. The standard InChI is InChI=1S/C9H16N2O2/c1-10-6-8-7-11-9(13-8)4-3-5-12-2/h7,10H,3-6H2,1-2H3. The van der Waals surface area contributed by atoms with Gasteiger partial charge >= 0.3 is 0 Å². The largest absolute Gasteiger partial charge is 0.444 e. The third-order valence-corrected chi connectivity index (χ3v) is 1.69. The molecule has 0 aliphatic rings. The summed E-state index contributed by atoms with van der Waals surface area (Å²) in [6.07, 6.45) is 3.56. The molecule has 0 radical (unpaired) electrons. The van der Waals surface area contributed by atoms with Crippen LogP contribution in [0.5, 0.6) is 0 Å². The lowest BCUT2D eigenvalue weighted by atomic mass is 10.3. The van der Waals surface area contributed by atoms with E-state index in [9.17, 15) is 0 Å². The number of ether oxygens (including phenoxy) is 1. The van der Waals surface area contributed by atoms with Gasteiger partial charge in [0.25, 0.3) is 0 Å². The number of rotatable bonds is 6. The van der Waals surface area contributed by atoms with Crippen LogP contribution in [0.25, 0.3) is 0 Å². The average molecular weight is 184 g/mol. The summed E-state index contributed by atoms with van der Waals surface area (Å²) >= 11 is 0. The van der Waals surface area contributed by atoms with Crippen molar-refractivity contribution in [1.29, 1.82) is 0 Å². The number of nitrogens with one attached hydrogen (secondary N) is 1. The first kappa shape index (κ1) is 10.2. The Kier molecular flexibility index (Phi) is 4.49. The van der Waals surface area contributed by atoms with Crippen molar-refractivity contribution < 1.29 is 9.15 Å². The number of hydrogen-bond acceptors (Lipinski definition) is 4. The number of hydrogen-bond donors (Lipinski definition) is 1. The molecule has 0 bridgehead atoms. The molecule has 0 saturated carbocycles. The van der Waals surface area contributed by atoms with Gasteiger partial charge in [-0.1, -0.05) is 0 Å².